The van der Waals surface area contributed by atoms with Gasteiger partial charge >= 0.3 is 0 Å². The Labute approximate surface area is 211 Å². The summed E-state index contributed by atoms with van der Waals surface area (Å²) in [6.45, 7) is 12.2. The summed E-state index contributed by atoms with van der Waals surface area (Å²) in [5.74, 6) is 0. The van der Waals surface area contributed by atoms with Crippen LogP contribution in [0.5, 0.6) is 0 Å². The average molecular weight is 466 g/mol. The lowest BCUT2D eigenvalue weighted by molar-refractivity contribution is 0.115. The van der Waals surface area contributed by atoms with Gasteiger partial charge in [0.15, 0.2) is 0 Å². The lowest BCUT2D eigenvalue weighted by Gasteiger charge is -2.40. The minimum absolute atomic E-state index is 0.334. The zero-order valence-corrected chi connectivity index (χ0v) is 21.4. The maximum absolute atomic E-state index is 2.67. The van der Waals surface area contributed by atoms with Crippen LogP contribution >= 0.6 is 0 Å². The second-order valence-electron chi connectivity index (χ2n) is 9.89. The molecule has 2 aliphatic rings. The molecular formula is C32H39N3. The molecular weight excluding hydrogens is 426 g/mol. The lowest BCUT2D eigenvalue weighted by atomic mass is 9.91. The molecule has 3 heteroatoms. The Balaban J connectivity index is 1.24. The maximum Gasteiger partial charge on any atom is 0.0602 e. The van der Waals surface area contributed by atoms with Gasteiger partial charge in [-0.2, -0.15) is 0 Å². The number of fused-ring (bicyclic) bond motifs is 1. The highest BCUT2D eigenvalue weighted by atomic mass is 15.3. The van der Waals surface area contributed by atoms with E-state index in [0.717, 1.165) is 45.8 Å². The van der Waals surface area contributed by atoms with Gasteiger partial charge in [0.2, 0.25) is 0 Å². The third kappa shape index (κ3) is 5.52. The van der Waals surface area contributed by atoms with Crippen molar-refractivity contribution in [1.82, 2.24) is 9.80 Å². The molecule has 35 heavy (non-hydrogen) atoms. The third-order valence-electron chi connectivity index (χ3n) is 7.76. The molecule has 0 N–H and O–H groups in total. The van der Waals surface area contributed by atoms with Gasteiger partial charge in [-0.05, 0) is 61.1 Å². The summed E-state index contributed by atoms with van der Waals surface area (Å²) in [6, 6.07) is 29.4. The van der Waals surface area contributed by atoms with Crippen LogP contribution in [-0.4, -0.2) is 55.6 Å². The normalized spacial score (nSPS) is 16.7. The van der Waals surface area contributed by atoms with Crippen LogP contribution in [0.2, 0.25) is 0 Å². The van der Waals surface area contributed by atoms with Crippen molar-refractivity contribution in [1.29, 1.82) is 0 Å². The van der Waals surface area contributed by atoms with Crippen LogP contribution in [0, 0.1) is 0 Å². The minimum Gasteiger partial charge on any atom is -0.372 e. The fourth-order valence-electron chi connectivity index (χ4n) is 5.80. The monoisotopic (exact) mass is 465 g/mol. The number of nitrogens with zero attached hydrogens (tertiary/aromatic N) is 3. The largest absolute Gasteiger partial charge is 0.372 e. The summed E-state index contributed by atoms with van der Waals surface area (Å²) in [5, 5.41) is 0. The molecule has 1 fully saturated rings. The Bertz CT molecular complexity index is 1070. The molecule has 5 rings (SSSR count). The smallest absolute Gasteiger partial charge is 0.0602 e. The van der Waals surface area contributed by atoms with Gasteiger partial charge in [0.25, 0.3) is 0 Å². The molecule has 1 aliphatic carbocycles. The Morgan fingerprint density at radius 1 is 0.743 bits per heavy atom. The number of hydrogen-bond donors (Lipinski definition) is 0. The zero-order chi connectivity index (χ0) is 24.0. The van der Waals surface area contributed by atoms with Gasteiger partial charge in [-0.25, -0.2) is 0 Å². The van der Waals surface area contributed by atoms with E-state index < -0.39 is 0 Å². The second-order valence-corrected chi connectivity index (χ2v) is 9.89. The van der Waals surface area contributed by atoms with E-state index in [0.29, 0.717) is 6.04 Å². The average Bonchev–Trinajstić information content (AvgIpc) is 2.92. The van der Waals surface area contributed by atoms with Gasteiger partial charge in [0.05, 0.1) is 6.04 Å². The van der Waals surface area contributed by atoms with Crippen molar-refractivity contribution in [3.8, 4) is 0 Å². The van der Waals surface area contributed by atoms with Crippen LogP contribution in [-0.2, 0) is 6.42 Å². The zero-order valence-electron chi connectivity index (χ0n) is 21.4. The molecule has 0 saturated carbocycles. The first-order valence-corrected chi connectivity index (χ1v) is 13.4. The second kappa shape index (κ2) is 11.2. The van der Waals surface area contributed by atoms with Crippen LogP contribution in [0.15, 0.2) is 84.4 Å². The number of anilines is 1. The highest BCUT2D eigenvalue weighted by Crippen LogP contribution is 2.31. The Kier molecular flexibility index (Phi) is 7.66. The Morgan fingerprint density at radius 3 is 1.97 bits per heavy atom. The van der Waals surface area contributed by atoms with E-state index in [-0.39, 0.29) is 0 Å². The molecule has 182 valence electrons. The Morgan fingerprint density at radius 2 is 1.37 bits per heavy atom. The van der Waals surface area contributed by atoms with Crippen LogP contribution in [0.3, 0.4) is 0 Å². The topological polar surface area (TPSA) is 9.72 Å². The first kappa shape index (κ1) is 23.8. The van der Waals surface area contributed by atoms with E-state index in [1.807, 2.05) is 0 Å². The molecule has 0 aromatic heterocycles. The summed E-state index contributed by atoms with van der Waals surface area (Å²) in [4.78, 5) is 7.77. The minimum atomic E-state index is 0.334. The van der Waals surface area contributed by atoms with Gasteiger partial charge in [0.1, 0.15) is 0 Å². The van der Waals surface area contributed by atoms with E-state index >= 15 is 0 Å². The van der Waals surface area contributed by atoms with Gasteiger partial charge < -0.3 is 4.90 Å². The molecule has 1 saturated heterocycles. The fourth-order valence-corrected chi connectivity index (χ4v) is 5.80. The van der Waals surface area contributed by atoms with Crippen LogP contribution in [0.1, 0.15) is 48.6 Å². The van der Waals surface area contributed by atoms with Crippen molar-refractivity contribution in [2.45, 2.75) is 32.7 Å². The highest BCUT2D eigenvalue weighted by molar-refractivity contribution is 5.64. The van der Waals surface area contributed by atoms with Gasteiger partial charge in [-0.1, -0.05) is 78.4 Å². The molecule has 0 radical (unpaired) electrons. The predicted molar refractivity (Wildman–Crippen MR) is 149 cm³/mol. The summed E-state index contributed by atoms with van der Waals surface area (Å²) in [6.07, 6.45) is 4.82. The number of piperazine rings is 1. The highest BCUT2D eigenvalue weighted by Gasteiger charge is 2.27. The lowest BCUT2D eigenvalue weighted by Crippen LogP contribution is -2.48. The molecule has 0 unspecified atom stereocenters. The van der Waals surface area contributed by atoms with Crippen LogP contribution in [0.25, 0.3) is 6.08 Å². The van der Waals surface area contributed by atoms with Crippen molar-refractivity contribution >= 4 is 11.8 Å². The van der Waals surface area contributed by atoms with Gasteiger partial charge in [0, 0.05) is 51.5 Å². The molecule has 1 aliphatic heterocycles. The SMILES string of the molecule is CCN(CC)c1ccc2c(c1)CCC(CN1CCN(C(c3ccccc3)c3ccccc3)CC1)=C2. The quantitative estimate of drug-likeness (QED) is 0.388. The van der Waals surface area contributed by atoms with E-state index in [1.54, 1.807) is 5.57 Å². The van der Waals surface area contributed by atoms with Gasteiger partial charge in [-0.3, -0.25) is 9.80 Å². The molecule has 0 amide bonds. The Hall–Kier alpha value is -2.88. The molecule has 3 aromatic carbocycles. The molecule has 1 heterocycles. The van der Waals surface area contributed by atoms with Crippen molar-refractivity contribution in [3.05, 3.63) is 107 Å². The number of aryl methyl sites for hydroxylation is 1. The van der Waals surface area contributed by atoms with E-state index in [1.165, 1.54) is 40.8 Å². The van der Waals surface area contributed by atoms with E-state index in [2.05, 4.69) is 113 Å². The third-order valence-corrected chi connectivity index (χ3v) is 7.76. The van der Waals surface area contributed by atoms with Crippen molar-refractivity contribution < 1.29 is 0 Å². The fraction of sp³-hybridized carbons (Fsp3) is 0.375. The number of rotatable bonds is 8. The van der Waals surface area contributed by atoms with Crippen LogP contribution in [0.4, 0.5) is 5.69 Å². The van der Waals surface area contributed by atoms with Crippen molar-refractivity contribution in [2.24, 2.45) is 0 Å². The van der Waals surface area contributed by atoms with Crippen molar-refractivity contribution in [3.63, 3.8) is 0 Å². The number of hydrogen-bond acceptors (Lipinski definition) is 3. The summed E-state index contributed by atoms with van der Waals surface area (Å²) >= 11 is 0. The standard InChI is InChI=1S/C32H39N3/c1-3-34(4-2)31-18-17-29-23-26(15-16-30(29)24-31)25-33-19-21-35(22-20-33)32(27-11-7-5-8-12-27)28-13-9-6-10-14-28/h5-14,17-18,23-24,32H,3-4,15-16,19-22,25H2,1-2H3. The molecule has 3 aromatic rings. The maximum atomic E-state index is 2.67. The van der Waals surface area contributed by atoms with Crippen LogP contribution < -0.4 is 4.90 Å². The first-order chi connectivity index (χ1) is 17.2. The summed E-state index contributed by atoms with van der Waals surface area (Å²) < 4.78 is 0. The molecule has 0 atom stereocenters. The van der Waals surface area contributed by atoms with Crippen molar-refractivity contribution in [2.75, 3.05) is 50.7 Å². The summed E-state index contributed by atoms with van der Waals surface area (Å²) in [7, 11) is 0. The van der Waals surface area contributed by atoms with Gasteiger partial charge in [-0.15, -0.1) is 0 Å². The molecule has 0 bridgehead atoms. The van der Waals surface area contributed by atoms with E-state index in [4.69, 9.17) is 0 Å². The number of benzene rings is 3. The predicted octanol–water partition coefficient (Wildman–Crippen LogP) is 6.27. The summed E-state index contributed by atoms with van der Waals surface area (Å²) in [5.41, 5.74) is 8.67. The van der Waals surface area contributed by atoms with E-state index in [9.17, 15) is 0 Å². The molecule has 3 nitrogen and oxygen atoms in total. The molecule has 0 spiro atoms. The first-order valence-electron chi connectivity index (χ1n) is 13.4.